The highest BCUT2D eigenvalue weighted by atomic mass is 19.4. The van der Waals surface area contributed by atoms with E-state index in [-0.39, 0.29) is 24.1 Å². The first-order valence-electron chi connectivity index (χ1n) is 9.46. The molecule has 3 amide bonds. The van der Waals surface area contributed by atoms with Gasteiger partial charge in [-0.3, -0.25) is 19.3 Å². The molecule has 8 nitrogen and oxygen atoms in total. The summed E-state index contributed by atoms with van der Waals surface area (Å²) in [5.41, 5.74) is -1.92. The molecule has 166 valence electrons. The van der Waals surface area contributed by atoms with Gasteiger partial charge in [0.25, 0.3) is 11.8 Å². The second-order valence-electron chi connectivity index (χ2n) is 7.38. The van der Waals surface area contributed by atoms with Crippen LogP contribution in [0.5, 0.6) is 0 Å². The Kier molecular flexibility index (Phi) is 5.90. The van der Waals surface area contributed by atoms with Gasteiger partial charge in [0.15, 0.2) is 0 Å². The van der Waals surface area contributed by atoms with Crippen molar-refractivity contribution in [1.82, 2.24) is 19.8 Å². The molecule has 0 aliphatic carbocycles. The molecule has 11 heteroatoms. The number of carbonyl (C=O) groups is 3. The van der Waals surface area contributed by atoms with E-state index in [1.807, 2.05) is 0 Å². The van der Waals surface area contributed by atoms with E-state index in [4.69, 9.17) is 0 Å². The fourth-order valence-electron chi connectivity index (χ4n) is 3.44. The van der Waals surface area contributed by atoms with E-state index in [2.05, 4.69) is 10.3 Å². The van der Waals surface area contributed by atoms with Crippen molar-refractivity contribution < 1.29 is 32.7 Å². The topological polar surface area (TPSA) is 105 Å². The van der Waals surface area contributed by atoms with Gasteiger partial charge < -0.3 is 15.0 Å². The molecule has 0 spiro atoms. The lowest BCUT2D eigenvalue weighted by molar-refractivity contribution is -0.272. The van der Waals surface area contributed by atoms with Crippen molar-refractivity contribution >= 4 is 17.7 Å². The molecule has 1 unspecified atom stereocenters. The number of nitrogens with zero attached hydrogens (tertiary/aromatic N) is 3. The largest absolute Gasteiger partial charge is 0.424 e. The molecule has 1 atom stereocenters. The average molecular weight is 438 g/mol. The Labute approximate surface area is 175 Å². The van der Waals surface area contributed by atoms with Crippen LogP contribution in [0.3, 0.4) is 0 Å². The summed E-state index contributed by atoms with van der Waals surface area (Å²) in [6.45, 7) is 1.09. The Morgan fingerprint density at radius 1 is 1.19 bits per heavy atom. The van der Waals surface area contributed by atoms with Crippen molar-refractivity contribution in [2.45, 2.75) is 31.5 Å². The number of hydrogen-bond donors (Lipinski definition) is 2. The summed E-state index contributed by atoms with van der Waals surface area (Å²) >= 11 is 0. The standard InChI is InChI=1S/C20H21F3N4O4/c1-12-3-4-13-14(11-12)17(30)27(16(13)29)9-5-15(28)24-7-6-19(31,20(21,22)23)18-25-8-10-26(18)2/h3-4,8,10-11,31H,5-7,9H2,1-2H3,(H,24,28). The van der Waals surface area contributed by atoms with Crippen LogP contribution in [0.25, 0.3) is 0 Å². The molecular formula is C20H21F3N4O4. The predicted octanol–water partition coefficient (Wildman–Crippen LogP) is 1.67. The minimum absolute atomic E-state index is 0.208. The smallest absolute Gasteiger partial charge is 0.374 e. The predicted molar refractivity (Wildman–Crippen MR) is 102 cm³/mol. The molecule has 2 N–H and O–H groups in total. The van der Waals surface area contributed by atoms with E-state index in [1.54, 1.807) is 25.1 Å². The van der Waals surface area contributed by atoms with E-state index in [1.165, 1.54) is 13.2 Å². The van der Waals surface area contributed by atoms with Crippen molar-refractivity contribution in [1.29, 1.82) is 0 Å². The number of nitrogens with one attached hydrogen (secondary N) is 1. The number of imide groups is 1. The van der Waals surface area contributed by atoms with Crippen molar-refractivity contribution in [3.63, 3.8) is 0 Å². The van der Waals surface area contributed by atoms with Gasteiger partial charge in [-0.25, -0.2) is 4.98 Å². The number of aryl methyl sites for hydroxylation is 2. The van der Waals surface area contributed by atoms with E-state index >= 15 is 0 Å². The fraction of sp³-hybridized carbons (Fsp3) is 0.400. The average Bonchev–Trinajstić information content (AvgIpc) is 3.21. The van der Waals surface area contributed by atoms with Crippen LogP contribution < -0.4 is 5.32 Å². The Bertz CT molecular complexity index is 1030. The first-order chi connectivity index (χ1) is 14.5. The number of rotatable bonds is 7. The van der Waals surface area contributed by atoms with Crippen LogP contribution in [0.4, 0.5) is 13.2 Å². The second kappa shape index (κ2) is 8.14. The zero-order valence-electron chi connectivity index (χ0n) is 16.9. The Hall–Kier alpha value is -3.21. The summed E-state index contributed by atoms with van der Waals surface area (Å²) in [6.07, 6.45) is -3.73. The number of hydrogen-bond acceptors (Lipinski definition) is 5. The van der Waals surface area contributed by atoms with Gasteiger partial charge in [-0.1, -0.05) is 11.6 Å². The molecule has 0 bridgehead atoms. The molecule has 0 saturated carbocycles. The van der Waals surface area contributed by atoms with Crippen molar-refractivity contribution in [2.24, 2.45) is 7.05 Å². The van der Waals surface area contributed by atoms with Gasteiger partial charge in [-0.2, -0.15) is 13.2 Å². The lowest BCUT2D eigenvalue weighted by Crippen LogP contribution is -2.46. The molecule has 0 saturated heterocycles. The Morgan fingerprint density at radius 3 is 2.48 bits per heavy atom. The summed E-state index contributed by atoms with van der Waals surface area (Å²) in [4.78, 5) is 41.4. The van der Waals surface area contributed by atoms with E-state index in [9.17, 15) is 32.7 Å². The molecule has 1 aromatic heterocycles. The maximum Gasteiger partial charge on any atom is 0.424 e. The lowest BCUT2D eigenvalue weighted by atomic mass is 9.97. The zero-order valence-corrected chi connectivity index (χ0v) is 16.9. The van der Waals surface area contributed by atoms with Crippen LogP contribution in [0.2, 0.25) is 0 Å². The lowest BCUT2D eigenvalue weighted by Gasteiger charge is -2.30. The van der Waals surface area contributed by atoms with Gasteiger partial charge in [-0.15, -0.1) is 0 Å². The number of imidazole rings is 1. The van der Waals surface area contributed by atoms with Crippen LogP contribution in [0.15, 0.2) is 30.6 Å². The van der Waals surface area contributed by atoms with Gasteiger partial charge in [-0.05, 0) is 19.1 Å². The maximum atomic E-state index is 13.5. The summed E-state index contributed by atoms with van der Waals surface area (Å²) < 4.78 is 41.5. The summed E-state index contributed by atoms with van der Waals surface area (Å²) in [6, 6.07) is 4.83. The molecule has 1 aliphatic heterocycles. The van der Waals surface area contributed by atoms with Gasteiger partial charge in [0.1, 0.15) is 5.82 Å². The van der Waals surface area contributed by atoms with Crippen molar-refractivity contribution in [2.75, 3.05) is 13.1 Å². The Morgan fingerprint density at radius 2 is 1.87 bits per heavy atom. The Balaban J connectivity index is 1.57. The quantitative estimate of drug-likeness (QED) is 0.640. The monoisotopic (exact) mass is 438 g/mol. The van der Waals surface area contributed by atoms with Gasteiger partial charge >= 0.3 is 6.18 Å². The summed E-state index contributed by atoms with van der Waals surface area (Å²) in [5.74, 6) is -2.28. The third-order valence-corrected chi connectivity index (χ3v) is 5.16. The number of halogens is 3. The molecule has 3 rings (SSSR count). The van der Waals surface area contributed by atoms with E-state index in [0.717, 1.165) is 21.2 Å². The molecule has 1 aliphatic rings. The van der Waals surface area contributed by atoms with Crippen LogP contribution >= 0.6 is 0 Å². The normalized spacial score (nSPS) is 15.7. The fourth-order valence-corrected chi connectivity index (χ4v) is 3.44. The number of fused-ring (bicyclic) bond motifs is 1. The third-order valence-electron chi connectivity index (χ3n) is 5.16. The first kappa shape index (κ1) is 22.5. The maximum absolute atomic E-state index is 13.5. The van der Waals surface area contributed by atoms with Gasteiger partial charge in [0, 0.05) is 45.4 Å². The number of aromatic nitrogens is 2. The van der Waals surface area contributed by atoms with E-state index in [0.29, 0.717) is 0 Å². The zero-order chi connectivity index (χ0) is 23.0. The van der Waals surface area contributed by atoms with Crippen molar-refractivity contribution in [3.8, 4) is 0 Å². The molecule has 0 radical (unpaired) electrons. The molecule has 31 heavy (non-hydrogen) atoms. The SMILES string of the molecule is Cc1ccc2c(c1)C(=O)N(CCC(=O)NCCC(O)(c1nccn1C)C(F)(F)F)C2=O. The molecule has 2 aromatic rings. The van der Waals surface area contributed by atoms with Gasteiger partial charge in [0.05, 0.1) is 11.1 Å². The summed E-state index contributed by atoms with van der Waals surface area (Å²) in [7, 11) is 1.32. The van der Waals surface area contributed by atoms with Crippen LogP contribution in [0.1, 0.15) is 44.9 Å². The number of amides is 3. The molecule has 1 aromatic carbocycles. The highest BCUT2D eigenvalue weighted by molar-refractivity contribution is 6.21. The number of carbonyl (C=O) groups excluding carboxylic acids is 3. The van der Waals surface area contributed by atoms with Crippen molar-refractivity contribution in [3.05, 3.63) is 53.1 Å². The number of benzene rings is 1. The highest BCUT2D eigenvalue weighted by Crippen LogP contribution is 2.40. The van der Waals surface area contributed by atoms with Crippen LogP contribution in [0, 0.1) is 6.92 Å². The second-order valence-corrected chi connectivity index (χ2v) is 7.38. The summed E-state index contributed by atoms with van der Waals surface area (Å²) in [5, 5.41) is 12.5. The first-order valence-corrected chi connectivity index (χ1v) is 9.46. The van der Waals surface area contributed by atoms with Crippen LogP contribution in [-0.4, -0.2) is 56.5 Å². The van der Waals surface area contributed by atoms with E-state index < -0.39 is 48.3 Å². The molecule has 2 heterocycles. The molecular weight excluding hydrogens is 417 g/mol. The molecule has 0 fully saturated rings. The minimum atomic E-state index is -5.00. The third kappa shape index (κ3) is 4.18. The highest BCUT2D eigenvalue weighted by Gasteiger charge is 2.57. The number of alkyl halides is 3. The minimum Gasteiger partial charge on any atom is -0.374 e. The van der Waals surface area contributed by atoms with Gasteiger partial charge in [0.2, 0.25) is 11.5 Å². The van der Waals surface area contributed by atoms with Crippen LogP contribution in [-0.2, 0) is 17.4 Å². The number of aliphatic hydroxyl groups is 1.